The minimum atomic E-state index is 0.710. The van der Waals surface area contributed by atoms with Crippen molar-refractivity contribution in [1.29, 1.82) is 5.26 Å². The Labute approximate surface area is 107 Å². The molecule has 0 spiro atoms. The van der Waals surface area contributed by atoms with Gasteiger partial charge in [-0.1, -0.05) is 12.1 Å². The minimum Gasteiger partial charge on any atom is -0.369 e. The number of nitrogens with zero attached hydrogens (tertiary/aromatic N) is 4. The van der Waals surface area contributed by atoms with Gasteiger partial charge in [0.15, 0.2) is 0 Å². The fraction of sp³-hybridized carbons (Fsp3) is 0.286. The van der Waals surface area contributed by atoms with Crippen molar-refractivity contribution < 1.29 is 0 Å². The first-order valence-corrected chi connectivity index (χ1v) is 5.80. The first kappa shape index (κ1) is 12.2. The highest BCUT2D eigenvalue weighted by atomic mass is 15.2. The molecule has 1 heterocycles. The third kappa shape index (κ3) is 2.35. The molecule has 0 amide bonds. The zero-order valence-electron chi connectivity index (χ0n) is 10.9. The van der Waals surface area contributed by atoms with E-state index in [2.05, 4.69) is 16.1 Å². The van der Waals surface area contributed by atoms with Crippen LogP contribution in [-0.4, -0.2) is 16.8 Å². The molecule has 0 unspecified atom stereocenters. The van der Waals surface area contributed by atoms with Gasteiger partial charge in [0, 0.05) is 32.4 Å². The molecule has 0 saturated carbocycles. The molecular formula is C14H16N4. The number of benzene rings is 1. The summed E-state index contributed by atoms with van der Waals surface area (Å²) in [7, 11) is 3.90. The Morgan fingerprint density at radius 3 is 2.83 bits per heavy atom. The number of anilines is 1. The van der Waals surface area contributed by atoms with E-state index < -0.39 is 0 Å². The SMILES string of the molecule is Cc1cccc(C#N)c1N(C)Cc1cnn(C)c1. The molecule has 0 fully saturated rings. The van der Waals surface area contributed by atoms with Gasteiger partial charge in [0.25, 0.3) is 0 Å². The molecule has 0 aliphatic heterocycles. The monoisotopic (exact) mass is 240 g/mol. The molecule has 18 heavy (non-hydrogen) atoms. The average Bonchev–Trinajstić information content (AvgIpc) is 2.74. The maximum Gasteiger partial charge on any atom is 0.101 e. The summed E-state index contributed by atoms with van der Waals surface area (Å²) in [5, 5.41) is 13.3. The first-order valence-electron chi connectivity index (χ1n) is 5.80. The second kappa shape index (κ2) is 4.92. The van der Waals surface area contributed by atoms with Crippen molar-refractivity contribution in [2.75, 3.05) is 11.9 Å². The van der Waals surface area contributed by atoms with Crippen LogP contribution in [0.25, 0.3) is 0 Å². The zero-order chi connectivity index (χ0) is 13.1. The molecule has 0 bridgehead atoms. The molecule has 1 aromatic carbocycles. The lowest BCUT2D eigenvalue weighted by atomic mass is 10.1. The molecule has 2 rings (SSSR count). The van der Waals surface area contributed by atoms with E-state index in [9.17, 15) is 0 Å². The molecule has 4 nitrogen and oxygen atoms in total. The minimum absolute atomic E-state index is 0.710. The number of para-hydroxylation sites is 1. The molecule has 0 radical (unpaired) electrons. The second-order valence-corrected chi connectivity index (χ2v) is 4.46. The fourth-order valence-corrected chi connectivity index (χ4v) is 2.16. The Hall–Kier alpha value is -2.28. The Bertz CT molecular complexity index is 592. The van der Waals surface area contributed by atoms with Crippen LogP contribution in [0.4, 0.5) is 5.69 Å². The Morgan fingerprint density at radius 2 is 2.22 bits per heavy atom. The van der Waals surface area contributed by atoms with Gasteiger partial charge in [-0.05, 0) is 18.6 Å². The van der Waals surface area contributed by atoms with Crippen LogP contribution >= 0.6 is 0 Å². The largest absolute Gasteiger partial charge is 0.369 e. The van der Waals surface area contributed by atoms with Crippen LogP contribution < -0.4 is 4.90 Å². The van der Waals surface area contributed by atoms with E-state index in [1.54, 1.807) is 4.68 Å². The second-order valence-electron chi connectivity index (χ2n) is 4.46. The van der Waals surface area contributed by atoms with E-state index in [0.29, 0.717) is 5.56 Å². The summed E-state index contributed by atoms with van der Waals surface area (Å²) in [5.74, 6) is 0. The van der Waals surface area contributed by atoms with Gasteiger partial charge in [0.1, 0.15) is 6.07 Å². The van der Waals surface area contributed by atoms with Gasteiger partial charge in [0.2, 0.25) is 0 Å². The standard InChI is InChI=1S/C14H16N4/c1-11-5-4-6-13(7-15)14(11)17(2)9-12-8-16-18(3)10-12/h4-6,8,10H,9H2,1-3H3. The average molecular weight is 240 g/mol. The van der Waals surface area contributed by atoms with Crippen LogP contribution in [0, 0.1) is 18.3 Å². The summed E-state index contributed by atoms with van der Waals surface area (Å²) in [6.45, 7) is 2.77. The van der Waals surface area contributed by atoms with Crippen molar-refractivity contribution in [2.24, 2.45) is 7.05 Å². The van der Waals surface area contributed by atoms with E-state index in [1.165, 1.54) is 0 Å². The third-order valence-electron chi connectivity index (χ3n) is 2.92. The zero-order valence-corrected chi connectivity index (χ0v) is 10.9. The van der Waals surface area contributed by atoms with Crippen LogP contribution in [-0.2, 0) is 13.6 Å². The number of nitriles is 1. The number of aryl methyl sites for hydroxylation is 2. The summed E-state index contributed by atoms with van der Waals surface area (Å²) in [6, 6.07) is 8.03. The molecule has 1 aromatic heterocycles. The van der Waals surface area contributed by atoms with Crippen LogP contribution in [0.2, 0.25) is 0 Å². The highest BCUT2D eigenvalue weighted by molar-refractivity contribution is 5.63. The Balaban J connectivity index is 2.29. The number of hydrogen-bond donors (Lipinski definition) is 0. The van der Waals surface area contributed by atoms with E-state index in [0.717, 1.165) is 23.4 Å². The third-order valence-corrected chi connectivity index (χ3v) is 2.92. The molecule has 0 N–H and O–H groups in total. The molecule has 0 aliphatic carbocycles. The molecule has 2 aromatic rings. The smallest absolute Gasteiger partial charge is 0.101 e. The molecule has 0 aliphatic rings. The summed E-state index contributed by atoms with van der Waals surface area (Å²) >= 11 is 0. The molecule has 0 atom stereocenters. The fourth-order valence-electron chi connectivity index (χ4n) is 2.16. The van der Waals surface area contributed by atoms with E-state index in [-0.39, 0.29) is 0 Å². The van der Waals surface area contributed by atoms with Crippen molar-refractivity contribution in [1.82, 2.24) is 9.78 Å². The number of hydrogen-bond acceptors (Lipinski definition) is 3. The predicted molar refractivity (Wildman–Crippen MR) is 71.2 cm³/mol. The lowest BCUT2D eigenvalue weighted by molar-refractivity contribution is 0.766. The highest BCUT2D eigenvalue weighted by Gasteiger charge is 2.11. The molecule has 0 saturated heterocycles. The first-order chi connectivity index (χ1) is 8.61. The quantitative estimate of drug-likeness (QED) is 0.826. The maximum atomic E-state index is 9.17. The topological polar surface area (TPSA) is 44.9 Å². The van der Waals surface area contributed by atoms with Gasteiger partial charge < -0.3 is 4.90 Å². The number of rotatable bonds is 3. The van der Waals surface area contributed by atoms with Crippen LogP contribution in [0.15, 0.2) is 30.6 Å². The van der Waals surface area contributed by atoms with Gasteiger partial charge >= 0.3 is 0 Å². The van der Waals surface area contributed by atoms with E-state index in [1.807, 2.05) is 51.6 Å². The molecular weight excluding hydrogens is 224 g/mol. The van der Waals surface area contributed by atoms with Crippen LogP contribution in [0.3, 0.4) is 0 Å². The lowest BCUT2D eigenvalue weighted by Crippen LogP contribution is -2.18. The van der Waals surface area contributed by atoms with Crippen LogP contribution in [0.1, 0.15) is 16.7 Å². The summed E-state index contributed by atoms with van der Waals surface area (Å²) in [4.78, 5) is 2.09. The summed E-state index contributed by atoms with van der Waals surface area (Å²) in [6.07, 6.45) is 3.83. The highest BCUT2D eigenvalue weighted by Crippen LogP contribution is 2.24. The Morgan fingerprint density at radius 1 is 1.44 bits per heavy atom. The van der Waals surface area contributed by atoms with Crippen molar-refractivity contribution in [3.63, 3.8) is 0 Å². The normalized spacial score (nSPS) is 10.1. The lowest BCUT2D eigenvalue weighted by Gasteiger charge is -2.21. The van der Waals surface area contributed by atoms with Gasteiger partial charge in [-0.3, -0.25) is 4.68 Å². The van der Waals surface area contributed by atoms with Crippen molar-refractivity contribution in [3.8, 4) is 6.07 Å². The van der Waals surface area contributed by atoms with Crippen molar-refractivity contribution in [3.05, 3.63) is 47.3 Å². The van der Waals surface area contributed by atoms with Gasteiger partial charge in [-0.2, -0.15) is 10.4 Å². The van der Waals surface area contributed by atoms with Gasteiger partial charge in [-0.25, -0.2) is 0 Å². The van der Waals surface area contributed by atoms with E-state index >= 15 is 0 Å². The predicted octanol–water partition coefficient (Wildman–Crippen LogP) is 2.24. The van der Waals surface area contributed by atoms with Gasteiger partial charge in [0.05, 0.1) is 17.4 Å². The van der Waals surface area contributed by atoms with E-state index in [4.69, 9.17) is 5.26 Å². The van der Waals surface area contributed by atoms with Gasteiger partial charge in [-0.15, -0.1) is 0 Å². The molecule has 92 valence electrons. The van der Waals surface area contributed by atoms with Crippen molar-refractivity contribution in [2.45, 2.75) is 13.5 Å². The number of aromatic nitrogens is 2. The Kier molecular flexibility index (Phi) is 3.33. The van der Waals surface area contributed by atoms with Crippen molar-refractivity contribution >= 4 is 5.69 Å². The summed E-state index contributed by atoms with van der Waals surface area (Å²) in [5.41, 5.74) is 3.94. The van der Waals surface area contributed by atoms with Crippen LogP contribution in [0.5, 0.6) is 0 Å². The summed E-state index contributed by atoms with van der Waals surface area (Å²) < 4.78 is 1.78. The maximum absolute atomic E-state index is 9.17. The molecule has 4 heteroatoms.